The lowest BCUT2D eigenvalue weighted by molar-refractivity contribution is -0.122. The molecule has 120 valence electrons. The van der Waals surface area contributed by atoms with Gasteiger partial charge in [0, 0.05) is 13.0 Å². The highest BCUT2D eigenvalue weighted by Gasteiger charge is 2.36. The van der Waals surface area contributed by atoms with E-state index in [0.29, 0.717) is 23.1 Å². The van der Waals surface area contributed by atoms with Crippen molar-refractivity contribution in [2.75, 3.05) is 23.9 Å². The van der Waals surface area contributed by atoms with Gasteiger partial charge in [-0.05, 0) is 19.1 Å². The van der Waals surface area contributed by atoms with E-state index in [-0.39, 0.29) is 18.2 Å². The summed E-state index contributed by atoms with van der Waals surface area (Å²) < 4.78 is 5.29. The molecule has 1 aliphatic heterocycles. The Hall–Kier alpha value is -2.48. The van der Waals surface area contributed by atoms with Crippen LogP contribution in [0.2, 0.25) is 0 Å². The molecule has 8 heteroatoms. The van der Waals surface area contributed by atoms with Crippen LogP contribution < -0.4 is 15.0 Å². The number of rotatable bonds is 4. The summed E-state index contributed by atoms with van der Waals surface area (Å²) in [6.07, 6.45) is 0.168. The third kappa shape index (κ3) is 3.16. The van der Waals surface area contributed by atoms with Gasteiger partial charge in [-0.1, -0.05) is 23.5 Å². The Balaban J connectivity index is 1.73. The van der Waals surface area contributed by atoms with E-state index in [1.54, 1.807) is 18.1 Å². The zero-order valence-electron chi connectivity index (χ0n) is 12.8. The van der Waals surface area contributed by atoms with Gasteiger partial charge in [0.1, 0.15) is 10.8 Å². The standard InChI is InChI=1S/C15H16N4O3S/c1-9-17-18-15(23-9)16-14(21)10-7-13(20)19(8-10)11-5-3-4-6-12(11)22-2/h3-6,10H,7-8H2,1-2H3,(H,16,18,21)/t10-/m0/s1. The maximum Gasteiger partial charge on any atom is 0.231 e. The molecule has 1 aromatic carbocycles. The van der Waals surface area contributed by atoms with E-state index >= 15 is 0 Å². The summed E-state index contributed by atoms with van der Waals surface area (Å²) in [5, 5.41) is 11.7. The number of nitrogens with one attached hydrogen (secondary N) is 1. The molecule has 3 rings (SSSR count). The van der Waals surface area contributed by atoms with Gasteiger partial charge < -0.3 is 15.0 Å². The van der Waals surface area contributed by atoms with Crippen molar-refractivity contribution >= 4 is 34.0 Å². The van der Waals surface area contributed by atoms with Gasteiger partial charge >= 0.3 is 0 Å². The van der Waals surface area contributed by atoms with Crippen LogP contribution in [0.15, 0.2) is 24.3 Å². The van der Waals surface area contributed by atoms with Crippen LogP contribution in [-0.2, 0) is 9.59 Å². The van der Waals surface area contributed by atoms with Crippen molar-refractivity contribution in [2.45, 2.75) is 13.3 Å². The molecule has 0 bridgehead atoms. The second-order valence-corrected chi connectivity index (χ2v) is 6.37. The molecule has 1 saturated heterocycles. The lowest BCUT2D eigenvalue weighted by Gasteiger charge is -2.19. The fourth-order valence-corrected chi connectivity index (χ4v) is 3.12. The molecule has 1 aromatic heterocycles. The van der Waals surface area contributed by atoms with Gasteiger partial charge in [-0.2, -0.15) is 0 Å². The zero-order chi connectivity index (χ0) is 16.4. The fraction of sp³-hybridized carbons (Fsp3) is 0.333. The average Bonchev–Trinajstić information content (AvgIpc) is 3.13. The summed E-state index contributed by atoms with van der Waals surface area (Å²) in [7, 11) is 1.56. The lowest BCUT2D eigenvalue weighted by Crippen LogP contribution is -2.28. The summed E-state index contributed by atoms with van der Waals surface area (Å²) in [5.41, 5.74) is 0.682. The Morgan fingerprint density at radius 2 is 2.17 bits per heavy atom. The topological polar surface area (TPSA) is 84.4 Å². The highest BCUT2D eigenvalue weighted by molar-refractivity contribution is 7.15. The quantitative estimate of drug-likeness (QED) is 0.923. The number of aromatic nitrogens is 2. The molecule has 0 saturated carbocycles. The minimum absolute atomic E-state index is 0.0944. The van der Waals surface area contributed by atoms with Crippen molar-refractivity contribution in [1.82, 2.24) is 10.2 Å². The number of anilines is 2. The highest BCUT2D eigenvalue weighted by Crippen LogP contribution is 2.33. The Bertz CT molecular complexity index is 746. The van der Waals surface area contributed by atoms with Crippen molar-refractivity contribution in [2.24, 2.45) is 5.92 Å². The zero-order valence-corrected chi connectivity index (χ0v) is 13.6. The highest BCUT2D eigenvalue weighted by atomic mass is 32.1. The molecule has 7 nitrogen and oxygen atoms in total. The van der Waals surface area contributed by atoms with Gasteiger partial charge in [-0.25, -0.2) is 0 Å². The van der Waals surface area contributed by atoms with E-state index in [4.69, 9.17) is 4.74 Å². The van der Waals surface area contributed by atoms with Crippen LogP contribution in [0.25, 0.3) is 0 Å². The number of ether oxygens (including phenoxy) is 1. The molecule has 23 heavy (non-hydrogen) atoms. The summed E-state index contributed by atoms with van der Waals surface area (Å²) in [6.45, 7) is 2.14. The summed E-state index contributed by atoms with van der Waals surface area (Å²) in [4.78, 5) is 26.2. The van der Waals surface area contributed by atoms with Gasteiger partial charge in [0.25, 0.3) is 0 Å². The number of benzene rings is 1. The average molecular weight is 332 g/mol. The maximum atomic E-state index is 12.3. The maximum absolute atomic E-state index is 12.3. The number of para-hydroxylation sites is 2. The van der Waals surface area contributed by atoms with E-state index < -0.39 is 5.92 Å². The number of nitrogens with zero attached hydrogens (tertiary/aromatic N) is 3. The molecule has 2 aromatic rings. The number of hydrogen-bond donors (Lipinski definition) is 1. The predicted molar refractivity (Wildman–Crippen MR) is 86.7 cm³/mol. The number of carbonyl (C=O) groups is 2. The Morgan fingerprint density at radius 3 is 2.87 bits per heavy atom. The molecular weight excluding hydrogens is 316 g/mol. The van der Waals surface area contributed by atoms with Crippen LogP contribution in [0.5, 0.6) is 5.75 Å². The Kier molecular flexibility index (Phi) is 4.24. The molecule has 2 heterocycles. The smallest absolute Gasteiger partial charge is 0.231 e. The van der Waals surface area contributed by atoms with Crippen molar-refractivity contribution in [3.8, 4) is 5.75 Å². The fourth-order valence-electron chi connectivity index (χ4n) is 2.52. The molecule has 2 amide bonds. The first kappa shape index (κ1) is 15.4. The molecule has 0 aliphatic carbocycles. The third-order valence-corrected chi connectivity index (χ3v) is 4.38. The lowest BCUT2D eigenvalue weighted by atomic mass is 10.1. The minimum Gasteiger partial charge on any atom is -0.495 e. The van der Waals surface area contributed by atoms with Gasteiger partial charge in [0.05, 0.1) is 18.7 Å². The third-order valence-electron chi connectivity index (χ3n) is 3.63. The summed E-state index contributed by atoms with van der Waals surface area (Å²) >= 11 is 1.31. The number of amides is 2. The van der Waals surface area contributed by atoms with Crippen LogP contribution in [0.4, 0.5) is 10.8 Å². The van der Waals surface area contributed by atoms with Crippen molar-refractivity contribution < 1.29 is 14.3 Å². The first-order valence-electron chi connectivity index (χ1n) is 7.13. The first-order chi connectivity index (χ1) is 11.1. The molecular formula is C15H16N4O3S. The molecule has 1 atom stereocenters. The number of aryl methyl sites for hydroxylation is 1. The van der Waals surface area contributed by atoms with Gasteiger partial charge in [-0.15, -0.1) is 10.2 Å². The van der Waals surface area contributed by atoms with Crippen LogP contribution in [0.1, 0.15) is 11.4 Å². The molecule has 1 aliphatic rings. The van der Waals surface area contributed by atoms with E-state index in [1.807, 2.05) is 25.1 Å². The van der Waals surface area contributed by atoms with Crippen LogP contribution >= 0.6 is 11.3 Å². The number of hydrogen-bond acceptors (Lipinski definition) is 6. The molecule has 0 radical (unpaired) electrons. The largest absolute Gasteiger partial charge is 0.495 e. The second kappa shape index (κ2) is 6.33. The van der Waals surface area contributed by atoms with Crippen molar-refractivity contribution in [3.63, 3.8) is 0 Å². The normalized spacial score (nSPS) is 17.4. The van der Waals surface area contributed by atoms with E-state index in [1.165, 1.54) is 11.3 Å². The monoisotopic (exact) mass is 332 g/mol. The Labute approximate surface area is 137 Å². The van der Waals surface area contributed by atoms with E-state index in [2.05, 4.69) is 15.5 Å². The SMILES string of the molecule is COc1ccccc1N1C[C@@H](C(=O)Nc2nnc(C)s2)CC1=O. The van der Waals surface area contributed by atoms with E-state index in [0.717, 1.165) is 5.01 Å². The number of carbonyl (C=O) groups excluding carboxylic acids is 2. The molecule has 0 spiro atoms. The summed E-state index contributed by atoms with van der Waals surface area (Å²) in [5.74, 6) is -0.117. The van der Waals surface area contributed by atoms with Gasteiger partial charge in [0.2, 0.25) is 16.9 Å². The van der Waals surface area contributed by atoms with Crippen molar-refractivity contribution in [1.29, 1.82) is 0 Å². The van der Waals surface area contributed by atoms with Crippen molar-refractivity contribution in [3.05, 3.63) is 29.3 Å². The molecule has 0 unspecified atom stereocenters. The first-order valence-corrected chi connectivity index (χ1v) is 7.94. The Morgan fingerprint density at radius 1 is 1.39 bits per heavy atom. The minimum atomic E-state index is -0.420. The van der Waals surface area contributed by atoms with E-state index in [9.17, 15) is 9.59 Å². The summed E-state index contributed by atoms with van der Waals surface area (Å²) in [6, 6.07) is 7.28. The van der Waals surface area contributed by atoms with Gasteiger partial charge in [-0.3, -0.25) is 9.59 Å². The molecule has 1 fully saturated rings. The van der Waals surface area contributed by atoms with Crippen LogP contribution in [-0.4, -0.2) is 35.7 Å². The number of methoxy groups -OCH3 is 1. The predicted octanol–water partition coefficient (Wildman–Crippen LogP) is 1.85. The molecule has 1 N–H and O–H groups in total. The van der Waals surface area contributed by atoms with Gasteiger partial charge in [0.15, 0.2) is 0 Å². The van der Waals surface area contributed by atoms with Crippen LogP contribution in [0.3, 0.4) is 0 Å². The van der Waals surface area contributed by atoms with Crippen LogP contribution in [0, 0.1) is 12.8 Å². The second-order valence-electron chi connectivity index (χ2n) is 5.19.